The molecule has 8 heteroatoms. The zero-order valence-corrected chi connectivity index (χ0v) is 13.6. The summed E-state index contributed by atoms with van der Waals surface area (Å²) in [4.78, 5) is 3.75. The van der Waals surface area contributed by atoms with Gasteiger partial charge in [-0.1, -0.05) is 12.1 Å². The van der Waals surface area contributed by atoms with E-state index in [-0.39, 0.29) is 15.8 Å². The third-order valence-corrected chi connectivity index (χ3v) is 6.86. The van der Waals surface area contributed by atoms with Gasteiger partial charge in [-0.25, -0.2) is 17.2 Å². The van der Waals surface area contributed by atoms with Gasteiger partial charge < -0.3 is 5.32 Å². The summed E-state index contributed by atoms with van der Waals surface area (Å²) in [5, 5.41) is 3.75. The normalized spacial score (nSPS) is 24.8. The van der Waals surface area contributed by atoms with Crippen molar-refractivity contribution < 1.29 is 17.2 Å². The Morgan fingerprint density at radius 2 is 1.88 bits per heavy atom. The molecule has 2 fully saturated rings. The molecule has 0 radical (unpaired) electrons. The van der Waals surface area contributed by atoms with Gasteiger partial charge in [0.05, 0.1) is 4.90 Å². The summed E-state index contributed by atoms with van der Waals surface area (Å²) >= 11 is 0. The second-order valence-corrected chi connectivity index (χ2v) is 8.29. The van der Waals surface area contributed by atoms with E-state index in [4.69, 9.17) is 0 Å². The van der Waals surface area contributed by atoms with E-state index < -0.39 is 16.4 Å². The van der Waals surface area contributed by atoms with Gasteiger partial charge in [-0.2, -0.15) is 4.31 Å². The fourth-order valence-electron chi connectivity index (χ4n) is 3.76. The highest BCUT2D eigenvalue weighted by Gasteiger charge is 2.42. The fourth-order valence-corrected chi connectivity index (χ4v) is 5.55. The number of pyridine rings is 1. The van der Waals surface area contributed by atoms with E-state index in [0.29, 0.717) is 30.3 Å². The van der Waals surface area contributed by atoms with Gasteiger partial charge in [-0.05, 0) is 31.0 Å². The van der Waals surface area contributed by atoms with Crippen LogP contribution < -0.4 is 5.32 Å². The van der Waals surface area contributed by atoms with E-state index in [0.717, 1.165) is 19.3 Å². The van der Waals surface area contributed by atoms with Crippen LogP contribution in [0.4, 0.5) is 8.78 Å². The van der Waals surface area contributed by atoms with Crippen molar-refractivity contribution in [2.75, 3.05) is 26.2 Å². The molecule has 2 unspecified atom stereocenters. The van der Waals surface area contributed by atoms with Gasteiger partial charge in [-0.3, -0.25) is 4.98 Å². The molecule has 0 amide bonds. The molecule has 128 valence electrons. The average molecular weight is 353 g/mol. The van der Waals surface area contributed by atoms with Crippen molar-refractivity contribution in [3.05, 3.63) is 36.2 Å². The van der Waals surface area contributed by atoms with Crippen LogP contribution in [-0.2, 0) is 10.0 Å². The molecule has 24 heavy (non-hydrogen) atoms. The Labute approximate surface area is 138 Å². The van der Waals surface area contributed by atoms with E-state index in [1.54, 1.807) is 12.1 Å². The van der Waals surface area contributed by atoms with Crippen LogP contribution in [0.5, 0.6) is 0 Å². The highest BCUT2D eigenvalue weighted by Crippen LogP contribution is 2.36. The number of aromatic nitrogens is 1. The number of nitrogens with zero attached hydrogens (tertiary/aromatic N) is 2. The lowest BCUT2D eigenvalue weighted by Gasteiger charge is -2.19. The summed E-state index contributed by atoms with van der Waals surface area (Å²) in [5.41, 5.74) is -0.340. The molecule has 2 aliphatic rings. The van der Waals surface area contributed by atoms with E-state index in [9.17, 15) is 17.2 Å². The van der Waals surface area contributed by atoms with Crippen LogP contribution in [0.2, 0.25) is 0 Å². The monoisotopic (exact) mass is 353 g/mol. The molecule has 0 saturated carbocycles. The molecule has 2 atom stereocenters. The molecule has 0 aliphatic carbocycles. The van der Waals surface area contributed by atoms with Crippen molar-refractivity contribution in [2.45, 2.75) is 11.3 Å². The van der Waals surface area contributed by atoms with Crippen molar-refractivity contribution in [2.24, 2.45) is 11.8 Å². The minimum atomic E-state index is -3.82. The first-order chi connectivity index (χ1) is 11.5. The average Bonchev–Trinajstić information content (AvgIpc) is 3.15. The molecule has 2 saturated heterocycles. The number of fused-ring (bicyclic) bond motifs is 2. The number of sulfonamides is 1. The lowest BCUT2D eigenvalue weighted by atomic mass is 10.0. The second kappa shape index (κ2) is 5.72. The second-order valence-electron chi connectivity index (χ2n) is 6.38. The number of hydrogen-bond acceptors (Lipinski definition) is 4. The maximum atomic E-state index is 13.4. The first-order valence-electron chi connectivity index (χ1n) is 7.84. The summed E-state index contributed by atoms with van der Waals surface area (Å²) in [6, 6.07) is 4.59. The Hall–Kier alpha value is -1.64. The van der Waals surface area contributed by atoms with Crippen molar-refractivity contribution in [3.63, 3.8) is 0 Å². The number of benzene rings is 1. The molecular formula is C16H17F2N3O2S. The number of rotatable bonds is 3. The summed E-state index contributed by atoms with van der Waals surface area (Å²) in [7, 11) is -3.82. The van der Waals surface area contributed by atoms with E-state index in [1.807, 2.05) is 0 Å². The van der Waals surface area contributed by atoms with Crippen LogP contribution in [0, 0.1) is 11.8 Å². The standard InChI is InChI=1S/C16H17F2N3O2S/c17-16(18)13-7-20-4-10-2-1-3-14(15(10)13)24(22,23)21-8-11-5-19-6-12(11)9-21/h1-4,7,11-12,16,19H,5-6,8-9H2. The van der Waals surface area contributed by atoms with Crippen molar-refractivity contribution >= 4 is 20.8 Å². The first-order valence-corrected chi connectivity index (χ1v) is 9.28. The Bertz CT molecular complexity index is 871. The van der Waals surface area contributed by atoms with E-state index in [1.165, 1.54) is 16.6 Å². The van der Waals surface area contributed by atoms with Gasteiger partial charge in [0.1, 0.15) is 0 Å². The molecular weight excluding hydrogens is 336 g/mol. The Morgan fingerprint density at radius 1 is 1.17 bits per heavy atom. The zero-order valence-electron chi connectivity index (χ0n) is 12.8. The SMILES string of the molecule is O=S(=O)(c1cccc2cncc(C(F)F)c12)N1CC2CNCC2C1. The maximum Gasteiger partial charge on any atom is 0.265 e. The molecule has 3 heterocycles. The molecule has 2 aromatic rings. The Kier molecular flexibility index (Phi) is 3.78. The molecule has 0 bridgehead atoms. The summed E-state index contributed by atoms with van der Waals surface area (Å²) in [6.07, 6.45) is -0.308. The van der Waals surface area contributed by atoms with Gasteiger partial charge in [0.25, 0.3) is 6.43 Å². The lowest BCUT2D eigenvalue weighted by Crippen LogP contribution is -2.32. The Balaban J connectivity index is 1.84. The largest absolute Gasteiger partial charge is 0.316 e. The molecule has 0 spiro atoms. The minimum Gasteiger partial charge on any atom is -0.316 e. The highest BCUT2D eigenvalue weighted by molar-refractivity contribution is 7.89. The molecule has 4 rings (SSSR count). The zero-order chi connectivity index (χ0) is 16.9. The smallest absolute Gasteiger partial charge is 0.265 e. The van der Waals surface area contributed by atoms with Gasteiger partial charge in [-0.15, -0.1) is 0 Å². The number of halogens is 2. The molecule has 1 N–H and O–H groups in total. The topological polar surface area (TPSA) is 62.3 Å². The van der Waals surface area contributed by atoms with Gasteiger partial charge in [0.15, 0.2) is 0 Å². The summed E-state index contributed by atoms with van der Waals surface area (Å²) in [6.45, 7) is 2.48. The summed E-state index contributed by atoms with van der Waals surface area (Å²) in [5.74, 6) is 0.594. The molecule has 1 aromatic heterocycles. The number of hydrogen-bond donors (Lipinski definition) is 1. The van der Waals surface area contributed by atoms with E-state index in [2.05, 4.69) is 10.3 Å². The predicted molar refractivity (Wildman–Crippen MR) is 85.3 cm³/mol. The third-order valence-electron chi connectivity index (χ3n) is 4.98. The first kappa shape index (κ1) is 15.9. The van der Waals surface area contributed by atoms with Gasteiger partial charge >= 0.3 is 0 Å². The third kappa shape index (κ3) is 2.40. The maximum absolute atomic E-state index is 13.4. The van der Waals surface area contributed by atoms with Gasteiger partial charge in [0.2, 0.25) is 10.0 Å². The van der Waals surface area contributed by atoms with Crippen molar-refractivity contribution in [3.8, 4) is 0 Å². The highest BCUT2D eigenvalue weighted by atomic mass is 32.2. The number of nitrogens with one attached hydrogen (secondary N) is 1. The quantitative estimate of drug-likeness (QED) is 0.917. The lowest BCUT2D eigenvalue weighted by molar-refractivity contribution is 0.152. The fraction of sp³-hybridized carbons (Fsp3) is 0.438. The van der Waals surface area contributed by atoms with Crippen LogP contribution in [-0.4, -0.2) is 43.9 Å². The van der Waals surface area contributed by atoms with Crippen LogP contribution in [0.15, 0.2) is 35.5 Å². The van der Waals surface area contributed by atoms with Gasteiger partial charge in [0, 0.05) is 41.8 Å². The minimum absolute atomic E-state index is 0.0503. The molecule has 2 aliphatic heterocycles. The van der Waals surface area contributed by atoms with Crippen LogP contribution in [0.3, 0.4) is 0 Å². The molecule has 5 nitrogen and oxygen atoms in total. The summed E-state index contributed by atoms with van der Waals surface area (Å²) < 4.78 is 54.4. The van der Waals surface area contributed by atoms with Crippen LogP contribution in [0.1, 0.15) is 12.0 Å². The number of alkyl halides is 2. The predicted octanol–water partition coefficient (Wildman–Crippen LogP) is 2.01. The van der Waals surface area contributed by atoms with E-state index >= 15 is 0 Å². The van der Waals surface area contributed by atoms with Crippen LogP contribution >= 0.6 is 0 Å². The van der Waals surface area contributed by atoms with Crippen molar-refractivity contribution in [1.82, 2.24) is 14.6 Å². The Morgan fingerprint density at radius 3 is 2.54 bits per heavy atom. The molecule has 1 aromatic carbocycles. The van der Waals surface area contributed by atoms with Crippen LogP contribution in [0.25, 0.3) is 10.8 Å². The van der Waals surface area contributed by atoms with Crippen molar-refractivity contribution in [1.29, 1.82) is 0 Å².